The van der Waals surface area contributed by atoms with E-state index in [0.717, 1.165) is 5.56 Å². The molecule has 0 spiro atoms. The first-order chi connectivity index (χ1) is 6.32. The van der Waals surface area contributed by atoms with Gasteiger partial charge in [0, 0.05) is 5.02 Å². The number of alkyl halides is 3. The molecule has 0 heterocycles. The molecule has 1 atom stereocenters. The highest BCUT2D eigenvalue weighted by molar-refractivity contribution is 6.31. The first kappa shape index (κ1) is 11.3. The molecule has 0 aliphatic carbocycles. The molecular weight excluding hydrogens is 215 g/mol. The molecule has 0 bridgehead atoms. The standard InChI is InChI=1S/C9H9ClF3N/c1-5-2-3-6(4-7(5)10)8(14)9(11,12)13/h2-4,8H,14H2,1H3. The number of rotatable bonds is 1. The molecule has 0 aromatic heterocycles. The summed E-state index contributed by atoms with van der Waals surface area (Å²) in [7, 11) is 0. The molecule has 1 unspecified atom stereocenters. The van der Waals surface area contributed by atoms with E-state index in [1.807, 2.05) is 0 Å². The van der Waals surface area contributed by atoms with Crippen LogP contribution >= 0.6 is 11.6 Å². The lowest BCUT2D eigenvalue weighted by Crippen LogP contribution is -2.28. The van der Waals surface area contributed by atoms with Crippen molar-refractivity contribution in [2.75, 3.05) is 0 Å². The molecular formula is C9H9ClF3N. The quantitative estimate of drug-likeness (QED) is 0.777. The van der Waals surface area contributed by atoms with Crippen molar-refractivity contribution in [2.45, 2.75) is 19.1 Å². The Bertz CT molecular complexity index is 335. The van der Waals surface area contributed by atoms with Gasteiger partial charge in [0.15, 0.2) is 0 Å². The van der Waals surface area contributed by atoms with Crippen LogP contribution in [-0.2, 0) is 0 Å². The molecule has 5 heteroatoms. The fourth-order valence-corrected chi connectivity index (χ4v) is 1.18. The topological polar surface area (TPSA) is 26.0 Å². The molecule has 78 valence electrons. The summed E-state index contributed by atoms with van der Waals surface area (Å²) >= 11 is 5.69. The smallest absolute Gasteiger partial charge is 0.316 e. The molecule has 0 saturated carbocycles. The van der Waals surface area contributed by atoms with E-state index in [0.29, 0.717) is 5.02 Å². The van der Waals surface area contributed by atoms with Crippen LogP contribution in [0.3, 0.4) is 0 Å². The van der Waals surface area contributed by atoms with Crippen LogP contribution in [0, 0.1) is 6.92 Å². The molecule has 2 N–H and O–H groups in total. The maximum atomic E-state index is 12.2. The summed E-state index contributed by atoms with van der Waals surface area (Å²) in [6.45, 7) is 1.71. The fourth-order valence-electron chi connectivity index (χ4n) is 0.992. The number of benzene rings is 1. The van der Waals surface area contributed by atoms with E-state index in [1.165, 1.54) is 18.2 Å². The highest BCUT2D eigenvalue weighted by Crippen LogP contribution is 2.32. The summed E-state index contributed by atoms with van der Waals surface area (Å²) in [5, 5.41) is 0.294. The van der Waals surface area contributed by atoms with E-state index >= 15 is 0 Å². The molecule has 0 saturated heterocycles. The van der Waals surface area contributed by atoms with Gasteiger partial charge in [0.1, 0.15) is 6.04 Å². The van der Waals surface area contributed by atoms with Gasteiger partial charge in [-0.3, -0.25) is 0 Å². The lowest BCUT2D eigenvalue weighted by atomic mass is 10.1. The number of hydrogen-bond acceptors (Lipinski definition) is 1. The minimum atomic E-state index is -4.43. The second-order valence-electron chi connectivity index (χ2n) is 3.03. The van der Waals surface area contributed by atoms with Crippen LogP contribution in [0.15, 0.2) is 18.2 Å². The van der Waals surface area contributed by atoms with E-state index in [9.17, 15) is 13.2 Å². The van der Waals surface area contributed by atoms with Crippen LogP contribution in [0.1, 0.15) is 17.2 Å². The molecule has 1 rings (SSSR count). The Balaban J connectivity index is 3.03. The van der Waals surface area contributed by atoms with Gasteiger partial charge in [0.05, 0.1) is 0 Å². The number of halogens is 4. The Labute approximate surface area is 84.7 Å². The zero-order chi connectivity index (χ0) is 10.9. The predicted molar refractivity (Wildman–Crippen MR) is 49.2 cm³/mol. The number of nitrogens with two attached hydrogens (primary N) is 1. The molecule has 1 aromatic carbocycles. The summed E-state index contributed by atoms with van der Waals surface area (Å²) in [5.74, 6) is 0. The molecule has 0 aliphatic rings. The Hall–Kier alpha value is -0.740. The molecule has 0 aliphatic heterocycles. The van der Waals surface area contributed by atoms with Crippen LogP contribution in [-0.4, -0.2) is 6.18 Å². The van der Waals surface area contributed by atoms with Crippen LogP contribution in [0.2, 0.25) is 5.02 Å². The molecule has 1 aromatic rings. The van der Waals surface area contributed by atoms with Crippen LogP contribution in [0.25, 0.3) is 0 Å². The minimum Gasteiger partial charge on any atom is -0.316 e. The van der Waals surface area contributed by atoms with Crippen LogP contribution < -0.4 is 5.73 Å². The van der Waals surface area contributed by atoms with Gasteiger partial charge in [-0.2, -0.15) is 13.2 Å². The highest BCUT2D eigenvalue weighted by Gasteiger charge is 2.37. The third kappa shape index (κ3) is 2.39. The van der Waals surface area contributed by atoms with Gasteiger partial charge in [-0.1, -0.05) is 23.7 Å². The van der Waals surface area contributed by atoms with Gasteiger partial charge in [-0.05, 0) is 24.1 Å². The van der Waals surface area contributed by atoms with Gasteiger partial charge in [0.2, 0.25) is 0 Å². The van der Waals surface area contributed by atoms with E-state index in [2.05, 4.69) is 0 Å². The highest BCUT2D eigenvalue weighted by atomic mass is 35.5. The number of hydrogen-bond donors (Lipinski definition) is 1. The molecule has 0 fully saturated rings. The maximum absolute atomic E-state index is 12.2. The maximum Gasteiger partial charge on any atom is 0.407 e. The van der Waals surface area contributed by atoms with Crippen molar-refractivity contribution in [3.05, 3.63) is 34.3 Å². The summed E-state index contributed by atoms with van der Waals surface area (Å²) < 4.78 is 36.6. The van der Waals surface area contributed by atoms with E-state index in [-0.39, 0.29) is 5.56 Å². The Morgan fingerprint density at radius 1 is 1.36 bits per heavy atom. The van der Waals surface area contributed by atoms with Crippen LogP contribution in [0.5, 0.6) is 0 Å². The zero-order valence-corrected chi connectivity index (χ0v) is 8.15. The minimum absolute atomic E-state index is 0.0203. The van der Waals surface area contributed by atoms with Crippen molar-refractivity contribution in [3.8, 4) is 0 Å². The second kappa shape index (κ2) is 3.79. The monoisotopic (exact) mass is 223 g/mol. The van der Waals surface area contributed by atoms with E-state index < -0.39 is 12.2 Å². The van der Waals surface area contributed by atoms with Gasteiger partial charge in [-0.25, -0.2) is 0 Å². The van der Waals surface area contributed by atoms with Crippen molar-refractivity contribution in [1.82, 2.24) is 0 Å². The normalized spacial score (nSPS) is 14.1. The fraction of sp³-hybridized carbons (Fsp3) is 0.333. The SMILES string of the molecule is Cc1ccc(C(N)C(F)(F)F)cc1Cl. The third-order valence-corrected chi connectivity index (χ3v) is 2.31. The largest absolute Gasteiger partial charge is 0.407 e. The van der Waals surface area contributed by atoms with Gasteiger partial charge in [-0.15, -0.1) is 0 Å². The first-order valence-corrected chi connectivity index (χ1v) is 4.28. The van der Waals surface area contributed by atoms with E-state index in [4.69, 9.17) is 17.3 Å². The van der Waals surface area contributed by atoms with Crippen molar-refractivity contribution in [3.63, 3.8) is 0 Å². The summed E-state index contributed by atoms with van der Waals surface area (Å²) in [6, 6.07) is 2.12. The van der Waals surface area contributed by atoms with Crippen molar-refractivity contribution in [2.24, 2.45) is 5.73 Å². The van der Waals surface area contributed by atoms with Gasteiger partial charge in [0.25, 0.3) is 0 Å². The summed E-state index contributed by atoms with van der Waals surface area (Å²) in [5.41, 5.74) is 5.71. The van der Waals surface area contributed by atoms with Gasteiger partial charge < -0.3 is 5.73 Å². The molecule has 1 nitrogen and oxygen atoms in total. The zero-order valence-electron chi connectivity index (χ0n) is 7.40. The van der Waals surface area contributed by atoms with Crippen molar-refractivity contribution in [1.29, 1.82) is 0 Å². The average Bonchev–Trinajstić information content (AvgIpc) is 2.07. The lowest BCUT2D eigenvalue weighted by molar-refractivity contribution is -0.149. The van der Waals surface area contributed by atoms with E-state index in [1.54, 1.807) is 6.92 Å². The Morgan fingerprint density at radius 2 is 1.93 bits per heavy atom. The average molecular weight is 224 g/mol. The predicted octanol–water partition coefficient (Wildman–Crippen LogP) is 3.21. The summed E-state index contributed by atoms with van der Waals surface area (Å²) in [4.78, 5) is 0. The lowest BCUT2D eigenvalue weighted by Gasteiger charge is -2.16. The Kier molecular flexibility index (Phi) is 3.07. The van der Waals surface area contributed by atoms with Crippen molar-refractivity contribution >= 4 is 11.6 Å². The second-order valence-corrected chi connectivity index (χ2v) is 3.44. The first-order valence-electron chi connectivity index (χ1n) is 3.90. The molecule has 0 radical (unpaired) electrons. The Morgan fingerprint density at radius 3 is 2.36 bits per heavy atom. The molecule has 0 amide bonds. The number of aryl methyl sites for hydroxylation is 1. The third-order valence-electron chi connectivity index (χ3n) is 1.91. The van der Waals surface area contributed by atoms with Crippen molar-refractivity contribution < 1.29 is 13.2 Å². The van der Waals surface area contributed by atoms with Crippen LogP contribution in [0.4, 0.5) is 13.2 Å². The molecule has 14 heavy (non-hydrogen) atoms. The van der Waals surface area contributed by atoms with Gasteiger partial charge >= 0.3 is 6.18 Å². The summed E-state index contributed by atoms with van der Waals surface area (Å²) in [6.07, 6.45) is -4.43.